The number of rotatable bonds is 4. The van der Waals surface area contributed by atoms with E-state index in [1.165, 1.54) is 23.1 Å². The molecule has 1 aromatic heterocycles. The first-order chi connectivity index (χ1) is 12.2. The Hall–Kier alpha value is -3.11. The summed E-state index contributed by atoms with van der Waals surface area (Å²) >= 11 is 6.01. The molecule has 0 saturated heterocycles. The predicted octanol–water partition coefficient (Wildman–Crippen LogP) is 3.65. The quantitative estimate of drug-likeness (QED) is 0.354. The van der Waals surface area contributed by atoms with Crippen molar-refractivity contribution in [3.05, 3.63) is 61.9 Å². The Morgan fingerprint density at radius 2 is 2.00 bits per heavy atom. The van der Waals surface area contributed by atoms with Crippen molar-refractivity contribution in [3.8, 4) is 11.8 Å². The number of benzene rings is 1. The molecule has 8 heteroatoms. The second kappa shape index (κ2) is 7.42. The number of carbonyl (C=O) groups is 1. The lowest BCUT2D eigenvalue weighted by molar-refractivity contribution is -0.384. The molecule has 0 radical (unpaired) electrons. The molecule has 0 aliphatic rings. The standard InChI is InChI=1S/C18H17ClN4O3/c1-11-7-13(8-14(10-20)18(24)21(3)4)12(2)22(11)15-5-6-17(23(25)26)16(19)9-15/h5-9H,1-4H3/b14-8-. The Kier molecular flexibility index (Phi) is 5.48. The van der Waals surface area contributed by atoms with E-state index in [1.54, 1.807) is 20.2 Å². The highest BCUT2D eigenvalue weighted by molar-refractivity contribution is 6.32. The molecule has 1 amide bonds. The molecule has 0 N–H and O–H groups in total. The second-order valence-corrected chi connectivity index (χ2v) is 6.33. The highest BCUT2D eigenvalue weighted by atomic mass is 35.5. The van der Waals surface area contributed by atoms with Crippen molar-refractivity contribution in [2.24, 2.45) is 0 Å². The van der Waals surface area contributed by atoms with E-state index >= 15 is 0 Å². The second-order valence-electron chi connectivity index (χ2n) is 5.92. The monoisotopic (exact) mass is 372 g/mol. The van der Waals surface area contributed by atoms with E-state index in [2.05, 4.69) is 0 Å². The summed E-state index contributed by atoms with van der Waals surface area (Å²) in [7, 11) is 3.16. The van der Waals surface area contributed by atoms with Crippen LogP contribution in [0.3, 0.4) is 0 Å². The third-order valence-corrected chi connectivity index (χ3v) is 4.22. The van der Waals surface area contributed by atoms with Crippen molar-refractivity contribution in [3.63, 3.8) is 0 Å². The van der Waals surface area contributed by atoms with Crippen LogP contribution in [0.5, 0.6) is 0 Å². The average Bonchev–Trinajstić information content (AvgIpc) is 2.85. The van der Waals surface area contributed by atoms with E-state index in [9.17, 15) is 20.2 Å². The lowest BCUT2D eigenvalue weighted by atomic mass is 10.1. The van der Waals surface area contributed by atoms with E-state index in [0.29, 0.717) is 11.3 Å². The van der Waals surface area contributed by atoms with Crippen LogP contribution in [0, 0.1) is 35.3 Å². The van der Waals surface area contributed by atoms with Gasteiger partial charge in [0.1, 0.15) is 16.7 Å². The van der Waals surface area contributed by atoms with Gasteiger partial charge in [-0.15, -0.1) is 0 Å². The minimum absolute atomic E-state index is 0.0250. The number of nitrogens with zero attached hydrogens (tertiary/aromatic N) is 4. The molecule has 0 unspecified atom stereocenters. The van der Waals surface area contributed by atoms with Crippen molar-refractivity contribution in [1.82, 2.24) is 9.47 Å². The molecule has 0 fully saturated rings. The first-order valence-electron chi connectivity index (χ1n) is 7.64. The summed E-state index contributed by atoms with van der Waals surface area (Å²) in [6.45, 7) is 3.70. The first kappa shape index (κ1) is 19.2. The van der Waals surface area contributed by atoms with E-state index in [-0.39, 0.29) is 22.2 Å². The van der Waals surface area contributed by atoms with Crippen LogP contribution in [0.15, 0.2) is 29.8 Å². The van der Waals surface area contributed by atoms with E-state index in [0.717, 1.165) is 11.4 Å². The first-order valence-corrected chi connectivity index (χ1v) is 8.02. The summed E-state index contributed by atoms with van der Waals surface area (Å²) in [6.07, 6.45) is 1.54. The smallest absolute Gasteiger partial charge is 0.288 e. The molecule has 2 rings (SSSR count). The Morgan fingerprint density at radius 3 is 2.50 bits per heavy atom. The number of halogens is 1. The van der Waals surface area contributed by atoms with Crippen molar-refractivity contribution < 1.29 is 9.72 Å². The lowest BCUT2D eigenvalue weighted by Crippen LogP contribution is -2.22. The molecular weight excluding hydrogens is 356 g/mol. The molecule has 0 bridgehead atoms. The van der Waals surface area contributed by atoms with Gasteiger partial charge in [-0.25, -0.2) is 0 Å². The number of carbonyl (C=O) groups excluding carboxylic acids is 1. The van der Waals surface area contributed by atoms with Gasteiger partial charge >= 0.3 is 0 Å². The maximum absolute atomic E-state index is 12.0. The van der Waals surface area contributed by atoms with Gasteiger partial charge in [-0.2, -0.15) is 5.26 Å². The van der Waals surface area contributed by atoms with Crippen LogP contribution in [0.4, 0.5) is 5.69 Å². The van der Waals surface area contributed by atoms with Gasteiger partial charge in [0.05, 0.1) is 4.92 Å². The lowest BCUT2D eigenvalue weighted by Gasteiger charge is -2.11. The summed E-state index contributed by atoms with van der Waals surface area (Å²) < 4.78 is 1.86. The maximum atomic E-state index is 12.0. The minimum atomic E-state index is -0.540. The maximum Gasteiger partial charge on any atom is 0.288 e. The van der Waals surface area contributed by atoms with E-state index in [1.807, 2.05) is 30.6 Å². The molecule has 2 aromatic rings. The average molecular weight is 373 g/mol. The topological polar surface area (TPSA) is 92.2 Å². The number of nitro groups is 1. The van der Waals surface area contributed by atoms with E-state index in [4.69, 9.17) is 11.6 Å². The van der Waals surface area contributed by atoms with Crippen LogP contribution in [0.25, 0.3) is 11.8 Å². The molecule has 0 aliphatic carbocycles. The number of likely N-dealkylation sites (N-methyl/N-ethyl adjacent to an activating group) is 1. The Bertz CT molecular complexity index is 968. The van der Waals surface area contributed by atoms with Crippen LogP contribution in [0.2, 0.25) is 5.02 Å². The molecule has 7 nitrogen and oxygen atoms in total. The number of hydrogen-bond acceptors (Lipinski definition) is 4. The molecule has 1 heterocycles. The molecule has 0 saturated carbocycles. The molecule has 0 aliphatic heterocycles. The molecule has 0 spiro atoms. The summed E-state index contributed by atoms with van der Waals surface area (Å²) in [5.41, 5.74) is 2.86. The van der Waals surface area contributed by atoms with Gasteiger partial charge in [-0.05, 0) is 43.7 Å². The SMILES string of the molecule is Cc1cc(/C=C(/C#N)C(=O)N(C)C)c(C)n1-c1ccc([N+](=O)[O-])c(Cl)c1. The number of aromatic nitrogens is 1. The number of aryl methyl sites for hydroxylation is 1. The minimum Gasteiger partial charge on any atom is -0.344 e. The van der Waals surface area contributed by atoms with Crippen molar-refractivity contribution >= 4 is 29.3 Å². The fourth-order valence-corrected chi connectivity index (χ4v) is 2.90. The van der Waals surface area contributed by atoms with Gasteiger partial charge in [0.15, 0.2) is 0 Å². The fourth-order valence-electron chi connectivity index (χ4n) is 2.65. The summed E-state index contributed by atoms with van der Waals surface area (Å²) in [4.78, 5) is 23.8. The largest absolute Gasteiger partial charge is 0.344 e. The Morgan fingerprint density at radius 1 is 1.35 bits per heavy atom. The van der Waals surface area contributed by atoms with Gasteiger partial charge in [-0.3, -0.25) is 14.9 Å². The highest BCUT2D eigenvalue weighted by Crippen LogP contribution is 2.29. The zero-order chi connectivity index (χ0) is 19.6. The third-order valence-electron chi connectivity index (χ3n) is 3.91. The van der Waals surface area contributed by atoms with Crippen LogP contribution in [-0.2, 0) is 4.79 Å². The summed E-state index contributed by atoms with van der Waals surface area (Å²) in [6, 6.07) is 8.23. The van der Waals surface area contributed by atoms with Crippen LogP contribution < -0.4 is 0 Å². The molecule has 0 atom stereocenters. The van der Waals surface area contributed by atoms with Gasteiger partial charge in [0, 0.05) is 37.2 Å². The van der Waals surface area contributed by atoms with Gasteiger partial charge < -0.3 is 9.47 Å². The fraction of sp³-hybridized carbons (Fsp3) is 0.222. The number of nitro benzene ring substituents is 1. The van der Waals surface area contributed by atoms with Gasteiger partial charge in [-0.1, -0.05) is 11.6 Å². The zero-order valence-corrected chi connectivity index (χ0v) is 15.5. The highest BCUT2D eigenvalue weighted by Gasteiger charge is 2.17. The number of nitriles is 1. The summed E-state index contributed by atoms with van der Waals surface area (Å²) in [5.74, 6) is -0.379. The Labute approximate surface area is 155 Å². The third kappa shape index (κ3) is 3.60. The van der Waals surface area contributed by atoms with Crippen molar-refractivity contribution in [2.75, 3.05) is 14.1 Å². The number of amides is 1. The van der Waals surface area contributed by atoms with Crippen LogP contribution in [-0.4, -0.2) is 34.4 Å². The van der Waals surface area contributed by atoms with Gasteiger partial charge in [0.25, 0.3) is 11.6 Å². The molecule has 134 valence electrons. The van der Waals surface area contributed by atoms with Crippen LogP contribution >= 0.6 is 11.6 Å². The normalized spacial score (nSPS) is 11.2. The molecule has 26 heavy (non-hydrogen) atoms. The Balaban J connectivity index is 2.55. The van der Waals surface area contributed by atoms with Crippen molar-refractivity contribution in [2.45, 2.75) is 13.8 Å². The molecule has 1 aromatic carbocycles. The van der Waals surface area contributed by atoms with E-state index < -0.39 is 4.92 Å². The van der Waals surface area contributed by atoms with Gasteiger partial charge in [0.2, 0.25) is 0 Å². The molecular formula is C18H17ClN4O3. The predicted molar refractivity (Wildman–Crippen MR) is 99.2 cm³/mol. The van der Waals surface area contributed by atoms with Crippen LogP contribution in [0.1, 0.15) is 17.0 Å². The zero-order valence-electron chi connectivity index (χ0n) is 14.8. The summed E-state index contributed by atoms with van der Waals surface area (Å²) in [5, 5.41) is 20.2. The number of hydrogen-bond donors (Lipinski definition) is 0. The van der Waals surface area contributed by atoms with Crippen molar-refractivity contribution in [1.29, 1.82) is 5.26 Å².